The van der Waals surface area contributed by atoms with E-state index in [-0.39, 0.29) is 30.2 Å². The maximum atomic E-state index is 13.0. The molecule has 0 spiro atoms. The highest BCUT2D eigenvalue weighted by molar-refractivity contribution is 5.95. The van der Waals surface area contributed by atoms with E-state index in [1.807, 2.05) is 39.8 Å². The minimum absolute atomic E-state index is 0.0832. The summed E-state index contributed by atoms with van der Waals surface area (Å²) in [5.74, 6) is 0.00858. The number of carbonyl (C=O) groups is 2. The van der Waals surface area contributed by atoms with Gasteiger partial charge in [-0.1, -0.05) is 0 Å². The summed E-state index contributed by atoms with van der Waals surface area (Å²) in [6.07, 6.45) is -0.599. The normalized spacial score (nSPS) is 24.7. The number of amides is 2. The van der Waals surface area contributed by atoms with Crippen LogP contribution >= 0.6 is 0 Å². The van der Waals surface area contributed by atoms with Crippen molar-refractivity contribution in [2.45, 2.75) is 45.4 Å². The SMILES string of the molecule is Cc1ccc2oc(C(=O)N3CCN(C(=O)C4COCC(C)(C)O4)CC3C)cc2n1. The lowest BCUT2D eigenvalue weighted by Crippen LogP contribution is -2.59. The van der Waals surface area contributed by atoms with Gasteiger partial charge in [0.1, 0.15) is 5.52 Å². The zero-order valence-electron chi connectivity index (χ0n) is 17.3. The van der Waals surface area contributed by atoms with Crippen LogP contribution in [0.15, 0.2) is 22.6 Å². The zero-order valence-corrected chi connectivity index (χ0v) is 17.3. The van der Waals surface area contributed by atoms with E-state index in [1.165, 1.54) is 0 Å². The molecule has 2 saturated heterocycles. The minimum Gasteiger partial charge on any atom is -0.449 e. The Morgan fingerprint density at radius 3 is 2.76 bits per heavy atom. The van der Waals surface area contributed by atoms with Crippen LogP contribution in [0.3, 0.4) is 0 Å². The van der Waals surface area contributed by atoms with Crippen LogP contribution in [0.1, 0.15) is 37.0 Å². The highest BCUT2D eigenvalue weighted by atomic mass is 16.6. The van der Waals surface area contributed by atoms with E-state index in [4.69, 9.17) is 13.9 Å². The van der Waals surface area contributed by atoms with E-state index in [1.54, 1.807) is 15.9 Å². The van der Waals surface area contributed by atoms with Crippen LogP contribution < -0.4 is 0 Å². The molecule has 2 aromatic heterocycles. The van der Waals surface area contributed by atoms with Gasteiger partial charge in [-0.3, -0.25) is 9.59 Å². The van der Waals surface area contributed by atoms with E-state index in [9.17, 15) is 9.59 Å². The lowest BCUT2D eigenvalue weighted by molar-refractivity contribution is -0.197. The highest BCUT2D eigenvalue weighted by Gasteiger charge is 2.38. The maximum absolute atomic E-state index is 13.0. The van der Waals surface area contributed by atoms with E-state index in [0.717, 1.165) is 5.69 Å². The number of piperazine rings is 1. The van der Waals surface area contributed by atoms with E-state index >= 15 is 0 Å². The number of rotatable bonds is 2. The van der Waals surface area contributed by atoms with Crippen molar-refractivity contribution in [3.05, 3.63) is 29.7 Å². The summed E-state index contributed by atoms with van der Waals surface area (Å²) in [7, 11) is 0. The molecule has 0 aliphatic carbocycles. The Balaban J connectivity index is 1.43. The molecule has 2 atom stereocenters. The molecule has 4 heterocycles. The van der Waals surface area contributed by atoms with Crippen molar-refractivity contribution in [2.75, 3.05) is 32.8 Å². The topological polar surface area (TPSA) is 85.1 Å². The molecule has 2 fully saturated rings. The number of nitrogens with zero attached hydrogens (tertiary/aromatic N) is 3. The first-order valence-corrected chi connectivity index (χ1v) is 9.96. The second kappa shape index (κ2) is 7.42. The number of pyridine rings is 1. The zero-order chi connectivity index (χ0) is 20.8. The number of ether oxygens (including phenoxy) is 2. The van der Waals surface area contributed by atoms with Crippen LogP contribution in [0.5, 0.6) is 0 Å². The Bertz CT molecular complexity index is 938. The third kappa shape index (κ3) is 4.00. The predicted octanol–water partition coefficient (Wildman–Crippen LogP) is 2.00. The number of fused-ring (bicyclic) bond motifs is 1. The van der Waals surface area contributed by atoms with Gasteiger partial charge >= 0.3 is 0 Å². The summed E-state index contributed by atoms with van der Waals surface area (Å²) in [5, 5.41) is 0. The number of furan rings is 1. The average molecular weight is 401 g/mol. The first kappa shape index (κ1) is 19.8. The van der Waals surface area contributed by atoms with Crippen molar-refractivity contribution in [3.8, 4) is 0 Å². The first-order valence-electron chi connectivity index (χ1n) is 9.96. The predicted molar refractivity (Wildman–Crippen MR) is 106 cm³/mol. The molecule has 0 N–H and O–H groups in total. The summed E-state index contributed by atoms with van der Waals surface area (Å²) in [5.41, 5.74) is 1.66. The summed E-state index contributed by atoms with van der Waals surface area (Å²) in [4.78, 5) is 33.8. The Kier molecular flexibility index (Phi) is 5.08. The molecule has 0 bridgehead atoms. The van der Waals surface area contributed by atoms with Gasteiger partial charge in [0.05, 0.1) is 18.8 Å². The largest absolute Gasteiger partial charge is 0.449 e. The molecule has 4 rings (SSSR count). The Labute approximate surface area is 169 Å². The molecule has 156 valence electrons. The summed E-state index contributed by atoms with van der Waals surface area (Å²) in [6.45, 7) is 9.73. The third-order valence-corrected chi connectivity index (χ3v) is 5.38. The van der Waals surface area contributed by atoms with Crippen molar-refractivity contribution in [1.82, 2.24) is 14.8 Å². The lowest BCUT2D eigenvalue weighted by atomic mass is 10.1. The van der Waals surface area contributed by atoms with Gasteiger partial charge in [-0.15, -0.1) is 0 Å². The van der Waals surface area contributed by atoms with Gasteiger partial charge < -0.3 is 23.7 Å². The molecule has 0 radical (unpaired) electrons. The van der Waals surface area contributed by atoms with Crippen molar-refractivity contribution in [1.29, 1.82) is 0 Å². The van der Waals surface area contributed by atoms with Gasteiger partial charge in [0.25, 0.3) is 11.8 Å². The molecule has 0 saturated carbocycles. The van der Waals surface area contributed by atoms with Crippen LogP contribution in [-0.2, 0) is 14.3 Å². The fourth-order valence-electron chi connectivity index (χ4n) is 3.92. The van der Waals surface area contributed by atoms with Crippen LogP contribution in [0, 0.1) is 6.92 Å². The second-order valence-corrected chi connectivity index (χ2v) is 8.46. The number of hydrogen-bond acceptors (Lipinski definition) is 6. The Morgan fingerprint density at radius 1 is 1.24 bits per heavy atom. The fraction of sp³-hybridized carbons (Fsp3) is 0.571. The molecule has 29 heavy (non-hydrogen) atoms. The molecular weight excluding hydrogens is 374 g/mol. The molecule has 2 aliphatic rings. The number of carbonyl (C=O) groups excluding carboxylic acids is 2. The maximum Gasteiger partial charge on any atom is 0.290 e. The molecule has 2 aliphatic heterocycles. The molecule has 8 heteroatoms. The molecule has 2 amide bonds. The first-order chi connectivity index (χ1) is 13.7. The number of hydrogen-bond donors (Lipinski definition) is 0. The summed E-state index contributed by atoms with van der Waals surface area (Å²) < 4.78 is 17.1. The molecular formula is C21H27N3O5. The number of aryl methyl sites for hydroxylation is 1. The average Bonchev–Trinajstić information content (AvgIpc) is 3.09. The molecule has 0 aromatic carbocycles. The summed E-state index contributed by atoms with van der Waals surface area (Å²) in [6, 6.07) is 5.22. The molecule has 8 nitrogen and oxygen atoms in total. The Morgan fingerprint density at radius 2 is 2.03 bits per heavy atom. The van der Waals surface area contributed by atoms with Crippen molar-refractivity contribution in [2.24, 2.45) is 0 Å². The lowest BCUT2D eigenvalue weighted by Gasteiger charge is -2.42. The van der Waals surface area contributed by atoms with Crippen LogP contribution in [0.25, 0.3) is 11.1 Å². The highest BCUT2D eigenvalue weighted by Crippen LogP contribution is 2.23. The van der Waals surface area contributed by atoms with Gasteiger partial charge in [-0.05, 0) is 39.8 Å². The summed E-state index contributed by atoms with van der Waals surface area (Å²) >= 11 is 0. The minimum atomic E-state index is -0.599. The van der Waals surface area contributed by atoms with Gasteiger partial charge in [0.15, 0.2) is 17.4 Å². The van der Waals surface area contributed by atoms with Crippen LogP contribution in [0.4, 0.5) is 0 Å². The van der Waals surface area contributed by atoms with Crippen molar-refractivity contribution >= 4 is 22.9 Å². The van der Waals surface area contributed by atoms with Crippen LogP contribution in [-0.4, -0.2) is 77.2 Å². The smallest absolute Gasteiger partial charge is 0.290 e. The second-order valence-electron chi connectivity index (χ2n) is 8.46. The van der Waals surface area contributed by atoms with Gasteiger partial charge in [-0.25, -0.2) is 4.98 Å². The molecule has 2 aromatic rings. The van der Waals surface area contributed by atoms with E-state index in [0.29, 0.717) is 37.3 Å². The molecule has 2 unspecified atom stereocenters. The van der Waals surface area contributed by atoms with Gasteiger partial charge in [0.2, 0.25) is 0 Å². The van der Waals surface area contributed by atoms with Gasteiger partial charge in [-0.2, -0.15) is 0 Å². The fourth-order valence-corrected chi connectivity index (χ4v) is 3.92. The third-order valence-electron chi connectivity index (χ3n) is 5.38. The standard InChI is InChI=1S/C21H27N3O5/c1-13-5-6-16-15(22-13)9-17(28-16)20(26)24-8-7-23(10-14(24)2)19(25)18-11-27-12-21(3,4)29-18/h5-6,9,14,18H,7-8,10-12H2,1-4H3. The van der Waals surface area contributed by atoms with Crippen LogP contribution in [0.2, 0.25) is 0 Å². The quantitative estimate of drug-likeness (QED) is 0.765. The monoisotopic (exact) mass is 401 g/mol. The van der Waals surface area contributed by atoms with Gasteiger partial charge in [0, 0.05) is 37.4 Å². The van der Waals surface area contributed by atoms with E-state index < -0.39 is 11.7 Å². The number of aromatic nitrogens is 1. The van der Waals surface area contributed by atoms with Crippen molar-refractivity contribution < 1.29 is 23.5 Å². The van der Waals surface area contributed by atoms with Crippen molar-refractivity contribution in [3.63, 3.8) is 0 Å². The van der Waals surface area contributed by atoms with E-state index in [2.05, 4.69) is 4.98 Å². The Hall–Kier alpha value is -2.45.